The van der Waals surface area contributed by atoms with Crippen molar-refractivity contribution < 1.29 is 4.79 Å². The number of nitrogens with zero attached hydrogens (tertiary/aromatic N) is 2. The molecule has 5 heteroatoms. The molecular formula is C16H16ClN3O. The van der Waals surface area contributed by atoms with Crippen LogP contribution in [0, 0.1) is 28.1 Å². The van der Waals surface area contributed by atoms with Crippen molar-refractivity contribution in [1.29, 1.82) is 10.5 Å². The van der Waals surface area contributed by atoms with Crippen molar-refractivity contribution in [2.45, 2.75) is 38.5 Å². The first kappa shape index (κ1) is 15.4. The number of halogens is 1. The number of nitriles is 2. The Hall–Kier alpha value is -2.04. The SMILES string of the molecule is N#Cc1ccc(NC(=O)C2(C#N)CCCCCC2)c(Cl)c1. The van der Waals surface area contributed by atoms with Crippen LogP contribution in [-0.2, 0) is 4.79 Å². The maximum absolute atomic E-state index is 12.5. The fourth-order valence-corrected chi connectivity index (χ4v) is 2.88. The van der Waals surface area contributed by atoms with Crippen LogP contribution in [0.5, 0.6) is 0 Å². The monoisotopic (exact) mass is 301 g/mol. The Bertz CT molecular complexity index is 619. The van der Waals surface area contributed by atoms with Gasteiger partial charge in [-0.1, -0.05) is 37.3 Å². The Kier molecular flexibility index (Phi) is 4.83. The van der Waals surface area contributed by atoms with E-state index in [9.17, 15) is 10.1 Å². The van der Waals surface area contributed by atoms with Crippen LogP contribution < -0.4 is 5.32 Å². The van der Waals surface area contributed by atoms with Crippen LogP contribution in [0.25, 0.3) is 0 Å². The molecule has 2 rings (SSSR count). The molecule has 0 aliphatic heterocycles. The van der Waals surface area contributed by atoms with Crippen LogP contribution in [0.15, 0.2) is 18.2 Å². The van der Waals surface area contributed by atoms with E-state index >= 15 is 0 Å². The molecule has 1 saturated carbocycles. The number of hydrogen-bond donors (Lipinski definition) is 1. The van der Waals surface area contributed by atoms with E-state index in [1.54, 1.807) is 12.1 Å². The maximum Gasteiger partial charge on any atom is 0.244 e. The predicted molar refractivity (Wildman–Crippen MR) is 80.5 cm³/mol. The molecule has 1 amide bonds. The van der Waals surface area contributed by atoms with E-state index in [0.717, 1.165) is 25.7 Å². The summed E-state index contributed by atoms with van der Waals surface area (Å²) in [5.74, 6) is -0.293. The van der Waals surface area contributed by atoms with Crippen LogP contribution in [0.3, 0.4) is 0 Å². The molecule has 0 heterocycles. The van der Waals surface area contributed by atoms with Crippen molar-refractivity contribution in [1.82, 2.24) is 0 Å². The zero-order valence-corrected chi connectivity index (χ0v) is 12.4. The van der Waals surface area contributed by atoms with Gasteiger partial charge in [0.25, 0.3) is 0 Å². The minimum Gasteiger partial charge on any atom is -0.323 e. The second-order valence-corrected chi connectivity index (χ2v) is 5.78. The normalized spacial score (nSPS) is 17.1. The molecule has 1 aliphatic rings. The van der Waals surface area contributed by atoms with E-state index in [2.05, 4.69) is 11.4 Å². The summed E-state index contributed by atoms with van der Waals surface area (Å²) in [7, 11) is 0. The van der Waals surface area contributed by atoms with Gasteiger partial charge in [-0.25, -0.2) is 0 Å². The fourth-order valence-electron chi connectivity index (χ4n) is 2.65. The smallest absolute Gasteiger partial charge is 0.244 e. The van der Waals surface area contributed by atoms with Crippen LogP contribution in [-0.4, -0.2) is 5.91 Å². The van der Waals surface area contributed by atoms with Crippen LogP contribution >= 0.6 is 11.6 Å². The lowest BCUT2D eigenvalue weighted by molar-refractivity contribution is -0.123. The number of anilines is 1. The molecular weight excluding hydrogens is 286 g/mol. The van der Waals surface area contributed by atoms with Crippen LogP contribution in [0.2, 0.25) is 5.02 Å². The lowest BCUT2D eigenvalue weighted by Gasteiger charge is -2.23. The zero-order valence-electron chi connectivity index (χ0n) is 11.7. The van der Waals surface area contributed by atoms with E-state index in [1.165, 1.54) is 6.07 Å². The third-order valence-corrected chi connectivity index (χ3v) is 4.26. The van der Waals surface area contributed by atoms with E-state index in [4.69, 9.17) is 16.9 Å². The molecule has 0 unspecified atom stereocenters. The van der Waals surface area contributed by atoms with Crippen molar-refractivity contribution in [2.24, 2.45) is 5.41 Å². The molecule has 1 N–H and O–H groups in total. The highest BCUT2D eigenvalue weighted by Crippen LogP contribution is 2.36. The third-order valence-electron chi connectivity index (χ3n) is 3.95. The average molecular weight is 302 g/mol. The molecule has 21 heavy (non-hydrogen) atoms. The number of amides is 1. The van der Waals surface area contributed by atoms with Crippen molar-refractivity contribution in [3.63, 3.8) is 0 Å². The minimum atomic E-state index is -0.965. The van der Waals surface area contributed by atoms with Crippen LogP contribution in [0.4, 0.5) is 5.69 Å². The second kappa shape index (κ2) is 6.61. The Morgan fingerprint density at radius 1 is 1.19 bits per heavy atom. The highest BCUT2D eigenvalue weighted by molar-refractivity contribution is 6.33. The summed E-state index contributed by atoms with van der Waals surface area (Å²) < 4.78 is 0. The molecule has 1 aromatic rings. The number of hydrogen-bond acceptors (Lipinski definition) is 3. The van der Waals surface area contributed by atoms with Crippen LogP contribution in [0.1, 0.15) is 44.1 Å². The summed E-state index contributed by atoms with van der Waals surface area (Å²) in [6.45, 7) is 0. The number of rotatable bonds is 2. The fraction of sp³-hybridized carbons (Fsp3) is 0.438. The molecule has 1 aliphatic carbocycles. The first-order valence-electron chi connectivity index (χ1n) is 7.04. The third kappa shape index (κ3) is 3.35. The second-order valence-electron chi connectivity index (χ2n) is 5.37. The van der Waals surface area contributed by atoms with Crippen molar-refractivity contribution in [2.75, 3.05) is 5.32 Å². The first-order valence-corrected chi connectivity index (χ1v) is 7.41. The number of carbonyl (C=O) groups is 1. The van der Waals surface area contributed by atoms with Gasteiger partial charge in [0.15, 0.2) is 0 Å². The van der Waals surface area contributed by atoms with E-state index < -0.39 is 5.41 Å². The van der Waals surface area contributed by atoms with Gasteiger partial charge < -0.3 is 5.32 Å². The minimum absolute atomic E-state index is 0.293. The number of carbonyl (C=O) groups excluding carboxylic acids is 1. The van der Waals surface area contributed by atoms with Crippen molar-refractivity contribution in [3.05, 3.63) is 28.8 Å². The van der Waals surface area contributed by atoms with Gasteiger partial charge in [0.1, 0.15) is 5.41 Å². The Morgan fingerprint density at radius 2 is 1.86 bits per heavy atom. The Labute approximate surface area is 129 Å². The van der Waals surface area contributed by atoms with Crippen molar-refractivity contribution >= 4 is 23.2 Å². The van der Waals surface area contributed by atoms with Gasteiger partial charge >= 0.3 is 0 Å². The summed E-state index contributed by atoms with van der Waals surface area (Å²) >= 11 is 6.06. The van der Waals surface area contributed by atoms with E-state index in [1.807, 2.05) is 6.07 Å². The van der Waals surface area contributed by atoms with Gasteiger partial charge in [-0.15, -0.1) is 0 Å². The predicted octanol–water partition coefficient (Wildman–Crippen LogP) is 4.01. The lowest BCUT2D eigenvalue weighted by atomic mass is 9.81. The molecule has 1 fully saturated rings. The highest BCUT2D eigenvalue weighted by Gasteiger charge is 2.39. The summed E-state index contributed by atoms with van der Waals surface area (Å²) in [5, 5.41) is 21.3. The molecule has 4 nitrogen and oxygen atoms in total. The first-order chi connectivity index (χ1) is 10.1. The molecule has 108 valence electrons. The molecule has 0 radical (unpaired) electrons. The molecule has 0 aromatic heterocycles. The number of nitrogens with one attached hydrogen (secondary N) is 1. The van der Waals surface area contributed by atoms with Gasteiger partial charge in [0.2, 0.25) is 5.91 Å². The quantitative estimate of drug-likeness (QED) is 0.838. The maximum atomic E-state index is 12.5. The summed E-state index contributed by atoms with van der Waals surface area (Å²) in [6, 6.07) is 8.89. The van der Waals surface area contributed by atoms with E-state index in [0.29, 0.717) is 29.1 Å². The van der Waals surface area contributed by atoms with Gasteiger partial charge in [-0.05, 0) is 31.0 Å². The molecule has 0 spiro atoms. The topological polar surface area (TPSA) is 76.7 Å². The molecule has 0 bridgehead atoms. The summed E-state index contributed by atoms with van der Waals surface area (Å²) in [5.41, 5.74) is -0.0877. The van der Waals surface area contributed by atoms with E-state index in [-0.39, 0.29) is 5.91 Å². The molecule has 0 saturated heterocycles. The number of benzene rings is 1. The highest BCUT2D eigenvalue weighted by atomic mass is 35.5. The van der Waals surface area contributed by atoms with Gasteiger partial charge in [0, 0.05) is 0 Å². The van der Waals surface area contributed by atoms with Gasteiger partial charge in [-0.2, -0.15) is 10.5 Å². The van der Waals surface area contributed by atoms with Crippen molar-refractivity contribution in [3.8, 4) is 12.1 Å². The largest absolute Gasteiger partial charge is 0.323 e. The summed E-state index contributed by atoms with van der Waals surface area (Å²) in [4.78, 5) is 12.5. The van der Waals surface area contributed by atoms with Gasteiger partial charge in [-0.3, -0.25) is 4.79 Å². The molecule has 0 atom stereocenters. The Morgan fingerprint density at radius 3 is 2.38 bits per heavy atom. The lowest BCUT2D eigenvalue weighted by Crippen LogP contribution is -2.34. The average Bonchev–Trinajstić information content (AvgIpc) is 2.75. The standard InChI is InChI=1S/C16H16ClN3O/c17-13-9-12(10-18)5-6-14(13)20-15(21)16(11-19)7-3-1-2-4-8-16/h5-6,9H,1-4,7-8H2,(H,20,21). The zero-order chi connectivity index (χ0) is 15.3. The molecule has 1 aromatic carbocycles. The summed E-state index contributed by atoms with van der Waals surface area (Å²) in [6.07, 6.45) is 5.08. The Balaban J connectivity index is 2.20. The van der Waals surface area contributed by atoms with Gasteiger partial charge in [0.05, 0.1) is 28.4 Å².